The molecule has 78 valence electrons. The van der Waals surface area contributed by atoms with Gasteiger partial charge in [-0.25, -0.2) is 0 Å². The second kappa shape index (κ2) is 6.00. The third kappa shape index (κ3) is 3.57. The van der Waals surface area contributed by atoms with Crippen LogP contribution in [-0.2, 0) is 0 Å². The maximum atomic E-state index is 5.27. The first-order valence-corrected chi connectivity index (χ1v) is 4.16. The van der Waals surface area contributed by atoms with Gasteiger partial charge in [0.05, 0.1) is 13.2 Å². The highest BCUT2D eigenvalue weighted by molar-refractivity contribution is 5.27. The highest BCUT2D eigenvalue weighted by Gasteiger charge is 2.06. The van der Waals surface area contributed by atoms with E-state index in [1.165, 1.54) is 0 Å². The van der Waals surface area contributed by atoms with E-state index in [1.807, 2.05) is 0 Å². The second-order valence-corrected chi connectivity index (χ2v) is 2.23. The van der Waals surface area contributed by atoms with E-state index >= 15 is 0 Å². The largest absolute Gasteiger partial charge is 0.463 e. The molecular weight excluding hydrogens is 196 g/mol. The van der Waals surface area contributed by atoms with Crippen LogP contribution in [0.3, 0.4) is 0 Å². The lowest BCUT2D eigenvalue weighted by atomic mass is 10.7. The molecule has 6 radical (unpaired) electrons. The summed E-state index contributed by atoms with van der Waals surface area (Å²) in [6, 6.07) is 0.0961. The Hall–Kier alpha value is -1.59. The summed E-state index contributed by atoms with van der Waals surface area (Å²) in [6.45, 7) is 15.7. The molecule has 1 aromatic rings. The van der Waals surface area contributed by atoms with Gasteiger partial charge in [0.25, 0.3) is 0 Å². The fourth-order valence-electron chi connectivity index (χ4n) is 0.787. The number of nitrogens with zero attached hydrogens (tertiary/aromatic N) is 3. The molecule has 1 aromatic heterocycles. The van der Waals surface area contributed by atoms with Crippen molar-refractivity contribution in [2.75, 3.05) is 25.1 Å². The fourth-order valence-corrected chi connectivity index (χ4v) is 0.787. The van der Waals surface area contributed by atoms with Gasteiger partial charge in [0, 0.05) is 20.4 Å². The molecule has 15 heavy (non-hydrogen) atoms. The van der Waals surface area contributed by atoms with Crippen molar-refractivity contribution in [2.24, 2.45) is 0 Å². The summed E-state index contributed by atoms with van der Waals surface area (Å²) >= 11 is 0. The molecule has 1 N–H and O–H groups in total. The Kier molecular flexibility index (Phi) is 4.59. The molecule has 0 fully saturated rings. The lowest BCUT2D eigenvalue weighted by Gasteiger charge is -2.07. The fraction of sp³-hybridized carbons (Fsp3) is 0.333. The number of nitrogens with one attached hydrogen (secondary N) is 1. The minimum atomic E-state index is -0.0475. The molecule has 0 saturated carbocycles. The van der Waals surface area contributed by atoms with E-state index in [2.05, 4.69) is 20.3 Å². The standard InChI is InChI=1S/C9H10N4O2/c1-4-10-7-11-8(14-5-2)13-9(12-7)15-6-3/h1-3H,4-6H2,(H,10,11,12,13). The molecule has 1 rings (SSSR count). The molecule has 6 heteroatoms. The minimum absolute atomic E-state index is 0.0475. The van der Waals surface area contributed by atoms with Crippen LogP contribution in [0.25, 0.3) is 0 Å². The van der Waals surface area contributed by atoms with E-state index in [0.717, 1.165) is 0 Å². The summed E-state index contributed by atoms with van der Waals surface area (Å²) in [6.07, 6.45) is 0. The summed E-state index contributed by atoms with van der Waals surface area (Å²) in [7, 11) is 0. The zero-order chi connectivity index (χ0) is 11.1. The third-order valence-corrected chi connectivity index (χ3v) is 1.28. The van der Waals surface area contributed by atoms with Gasteiger partial charge < -0.3 is 14.8 Å². The Labute approximate surface area is 89.1 Å². The number of ether oxygens (including phenoxy) is 2. The van der Waals surface area contributed by atoms with Gasteiger partial charge in [-0.1, -0.05) is 0 Å². The first-order chi connectivity index (χ1) is 7.30. The van der Waals surface area contributed by atoms with Gasteiger partial charge in [-0.05, 0) is 6.92 Å². The molecule has 0 amide bonds. The molecule has 0 bridgehead atoms. The Balaban J connectivity index is 2.86. The highest BCUT2D eigenvalue weighted by atomic mass is 16.5. The van der Waals surface area contributed by atoms with Gasteiger partial charge in [-0.15, -0.1) is 4.98 Å². The summed E-state index contributed by atoms with van der Waals surface area (Å²) in [5.41, 5.74) is 0. The highest BCUT2D eigenvalue weighted by Crippen LogP contribution is 2.12. The molecular formula is C9H10N4O2. The monoisotopic (exact) mass is 206 g/mol. The molecule has 0 aromatic carbocycles. The van der Waals surface area contributed by atoms with Gasteiger partial charge in [-0.2, -0.15) is 9.97 Å². The molecule has 0 atom stereocenters. The molecule has 0 unspecified atom stereocenters. The predicted octanol–water partition coefficient (Wildman–Crippen LogP) is 0.174. The normalized spacial score (nSPS) is 9.80. The van der Waals surface area contributed by atoms with Crippen molar-refractivity contribution >= 4 is 5.95 Å². The van der Waals surface area contributed by atoms with Crippen LogP contribution >= 0.6 is 0 Å². The van der Waals surface area contributed by atoms with Crippen molar-refractivity contribution < 1.29 is 9.47 Å². The van der Waals surface area contributed by atoms with Gasteiger partial charge in [0.2, 0.25) is 5.95 Å². The lowest BCUT2D eigenvalue weighted by Crippen LogP contribution is -2.08. The van der Waals surface area contributed by atoms with E-state index in [0.29, 0.717) is 0 Å². The van der Waals surface area contributed by atoms with Crippen LogP contribution in [0.15, 0.2) is 0 Å². The van der Waals surface area contributed by atoms with Crippen molar-refractivity contribution in [1.82, 2.24) is 15.0 Å². The van der Waals surface area contributed by atoms with E-state index in [9.17, 15) is 0 Å². The van der Waals surface area contributed by atoms with Crippen molar-refractivity contribution in [1.29, 1.82) is 0 Å². The molecule has 0 spiro atoms. The van der Waals surface area contributed by atoms with Crippen LogP contribution in [0.1, 0.15) is 0 Å². The zero-order valence-electron chi connectivity index (χ0n) is 8.01. The Bertz CT molecular complexity index is 246. The maximum Gasteiger partial charge on any atom is 0.324 e. The quantitative estimate of drug-likeness (QED) is 0.715. The smallest absolute Gasteiger partial charge is 0.324 e. The Morgan fingerprint density at radius 2 is 1.47 bits per heavy atom. The molecule has 0 saturated heterocycles. The average Bonchev–Trinajstić information content (AvgIpc) is 2.19. The molecule has 0 aliphatic heterocycles. The van der Waals surface area contributed by atoms with Crippen LogP contribution in [0.2, 0.25) is 0 Å². The second-order valence-electron chi connectivity index (χ2n) is 2.23. The van der Waals surface area contributed by atoms with E-state index in [4.69, 9.17) is 30.2 Å². The lowest BCUT2D eigenvalue weighted by molar-refractivity contribution is 0.297. The van der Waals surface area contributed by atoms with Gasteiger partial charge in [0.15, 0.2) is 0 Å². The van der Waals surface area contributed by atoms with Gasteiger partial charge in [0.1, 0.15) is 0 Å². The van der Waals surface area contributed by atoms with Crippen LogP contribution < -0.4 is 14.8 Å². The van der Waals surface area contributed by atoms with Gasteiger partial charge in [-0.3, -0.25) is 0 Å². The Morgan fingerprint density at radius 3 is 1.87 bits per heavy atom. The van der Waals surface area contributed by atoms with Crippen LogP contribution in [0.4, 0.5) is 5.95 Å². The summed E-state index contributed by atoms with van der Waals surface area (Å²) in [4.78, 5) is 11.5. The zero-order valence-corrected chi connectivity index (χ0v) is 8.01. The SMILES string of the molecule is [CH]CNc1nc(OC[CH])nc(OC[CH])n1. The summed E-state index contributed by atoms with van der Waals surface area (Å²) in [5.74, 6) is 0.236. The van der Waals surface area contributed by atoms with E-state index in [1.54, 1.807) is 0 Å². The summed E-state index contributed by atoms with van der Waals surface area (Å²) in [5, 5.41) is 2.68. The minimum Gasteiger partial charge on any atom is -0.463 e. The van der Waals surface area contributed by atoms with Crippen molar-refractivity contribution in [3.05, 3.63) is 20.8 Å². The number of rotatable bonds is 6. The first kappa shape index (κ1) is 11.5. The van der Waals surface area contributed by atoms with Crippen molar-refractivity contribution in [3.8, 4) is 12.0 Å². The summed E-state index contributed by atoms with van der Waals surface area (Å²) < 4.78 is 9.79. The molecule has 0 aliphatic carbocycles. The van der Waals surface area contributed by atoms with Crippen molar-refractivity contribution in [3.63, 3.8) is 0 Å². The van der Waals surface area contributed by atoms with Gasteiger partial charge >= 0.3 is 12.0 Å². The number of aromatic nitrogens is 3. The topological polar surface area (TPSA) is 69.2 Å². The predicted molar refractivity (Wildman–Crippen MR) is 52.2 cm³/mol. The maximum absolute atomic E-state index is 5.27. The van der Waals surface area contributed by atoms with Crippen LogP contribution in [-0.4, -0.2) is 34.7 Å². The Morgan fingerprint density at radius 1 is 0.933 bits per heavy atom. The van der Waals surface area contributed by atoms with E-state index in [-0.39, 0.29) is 37.7 Å². The van der Waals surface area contributed by atoms with Crippen LogP contribution in [0.5, 0.6) is 12.0 Å². The molecule has 0 aliphatic rings. The number of hydrogen-bond acceptors (Lipinski definition) is 6. The third-order valence-electron chi connectivity index (χ3n) is 1.28. The molecule has 1 heterocycles. The first-order valence-electron chi connectivity index (χ1n) is 4.16. The average molecular weight is 206 g/mol. The van der Waals surface area contributed by atoms with Crippen LogP contribution in [0, 0.1) is 20.8 Å². The number of hydrogen-bond donors (Lipinski definition) is 1. The number of anilines is 1. The molecule has 6 nitrogen and oxygen atoms in total. The van der Waals surface area contributed by atoms with E-state index < -0.39 is 0 Å². The van der Waals surface area contributed by atoms with Crippen molar-refractivity contribution in [2.45, 2.75) is 0 Å².